The summed E-state index contributed by atoms with van der Waals surface area (Å²) in [4.78, 5) is 0. The molecule has 0 aliphatic rings. The second-order valence-corrected chi connectivity index (χ2v) is 0. The molecule has 0 unspecified atom stereocenters. The third-order valence-electron chi connectivity index (χ3n) is 0. The zero-order valence-corrected chi connectivity index (χ0v) is 4.95. The molecular weight excluding hydrogens is 239 g/mol. The zero-order valence-electron chi connectivity index (χ0n) is 2.13. The van der Waals surface area contributed by atoms with E-state index >= 15 is 0 Å². The van der Waals surface area contributed by atoms with Crippen LogP contribution < -0.4 is 0 Å². The topological polar surface area (TPSA) is 85.5 Å². The Kier molecular flexibility index (Phi) is 2290. The molecule has 0 rings (SSSR count). The van der Waals surface area contributed by atoms with Crippen LogP contribution in [0.3, 0.4) is 0 Å². The summed E-state index contributed by atoms with van der Waals surface area (Å²) in [5.41, 5.74) is 0. The monoisotopic (exact) mass is 237 g/mol. The Hall–Kier alpha value is 1.44. The van der Waals surface area contributed by atoms with E-state index in [2.05, 4.69) is 0 Å². The van der Waals surface area contributed by atoms with Crippen LogP contribution in [0.4, 0.5) is 0 Å². The van der Waals surface area contributed by atoms with Crippen molar-refractivity contribution in [1.82, 2.24) is 0 Å². The van der Waals surface area contributed by atoms with Crippen molar-refractivity contribution in [1.29, 1.82) is 0 Å². The Balaban J connectivity index is 0. The molecule has 0 N–H and O–H groups in total. The molecule has 3 radical (unpaired) electrons. The quantitative estimate of drug-likeness (QED) is 0.516. The van der Waals surface area contributed by atoms with Gasteiger partial charge in [0, 0.05) is 0 Å². The molecule has 3 nitrogen and oxygen atoms in total. The van der Waals surface area contributed by atoms with Crippen LogP contribution in [-0.4, -0.2) is 0 Å². The van der Waals surface area contributed by atoms with Crippen LogP contribution in [0.1, 0.15) is 0 Å². The van der Waals surface area contributed by atoms with Crippen molar-refractivity contribution < 1.29 is 67.6 Å². The van der Waals surface area contributed by atoms with Gasteiger partial charge in [0.25, 0.3) is 0 Å². The predicted octanol–water partition coefficient (Wildman–Crippen LogP) is -0.364. The number of hydrogen-bond donors (Lipinski definition) is 0. The van der Waals surface area contributed by atoms with Crippen molar-refractivity contribution in [2.75, 3.05) is 0 Å². The minimum absolute atomic E-state index is 0. The van der Waals surface area contributed by atoms with Gasteiger partial charge in [-0.15, -0.1) is 0 Å². The molecule has 0 atom stereocenters. The normalized spacial score (nSPS) is 0. The van der Waals surface area contributed by atoms with Crippen molar-refractivity contribution in [3.63, 3.8) is 0 Å². The molecule has 0 saturated carbocycles. The first-order valence-electron chi connectivity index (χ1n) is 0. The molecule has 0 aromatic rings. The fraction of sp³-hybridized carbons (Fsp3) is 0. The van der Waals surface area contributed by atoms with Gasteiger partial charge in [-0.25, -0.2) is 0 Å². The molecule has 0 saturated heterocycles. The second kappa shape index (κ2) is 92.0. The van der Waals surface area contributed by atoms with E-state index in [1.54, 1.807) is 0 Å². The van der Waals surface area contributed by atoms with Gasteiger partial charge in [0.2, 0.25) is 0 Å². The summed E-state index contributed by atoms with van der Waals surface area (Å²) in [6.07, 6.45) is 0. The van der Waals surface area contributed by atoms with Crippen molar-refractivity contribution in [3.8, 4) is 0 Å². The summed E-state index contributed by atoms with van der Waals surface area (Å²) in [5, 5.41) is 0. The van der Waals surface area contributed by atoms with Gasteiger partial charge >= 0.3 is 51.2 Å². The molecule has 51 valence electrons. The first kappa shape index (κ1) is 149. The Labute approximate surface area is 67.6 Å². The second-order valence-electron chi connectivity index (χ2n) is 0. The number of rotatable bonds is 0. The predicted molar refractivity (Wildman–Crippen MR) is 2.06 cm³/mol. The molecule has 0 aromatic carbocycles. The molecule has 0 aromatic heterocycles. The van der Waals surface area contributed by atoms with E-state index in [4.69, 9.17) is 0 Å². The summed E-state index contributed by atoms with van der Waals surface area (Å²) in [6.45, 7) is 0. The third-order valence-corrected chi connectivity index (χ3v) is 0. The Morgan fingerprint density at radius 3 is 0.333 bits per heavy atom. The summed E-state index contributed by atoms with van der Waals surface area (Å²) in [5.74, 6) is 0. The molecule has 0 aliphatic heterocycles. The van der Waals surface area contributed by atoms with Gasteiger partial charge in [-0.3, -0.25) is 0 Å². The van der Waals surface area contributed by atoms with Gasteiger partial charge in [0.1, 0.15) is 0 Å². The Bertz CT molecular complexity index is 6.00. The van der Waals surface area contributed by atoms with E-state index in [1.807, 2.05) is 0 Å². The van der Waals surface area contributed by atoms with Crippen molar-refractivity contribution >= 4 is 0 Å². The molecule has 0 amide bonds. The maximum atomic E-state index is 0. The first-order chi connectivity index (χ1) is 0. The van der Waals surface area contributed by atoms with E-state index < -0.39 is 0 Å². The maximum Gasteiger partial charge on any atom is 2.00 e. The van der Waals surface area contributed by atoms with E-state index in [9.17, 15) is 0 Å². The van der Waals surface area contributed by atoms with E-state index in [1.165, 1.54) is 0 Å². The molecule has 6 heteroatoms. The smallest absolute Gasteiger partial charge is 2.00 e. The summed E-state index contributed by atoms with van der Waals surface area (Å²) >= 11 is 0. The van der Waals surface area contributed by atoms with E-state index in [0.29, 0.717) is 0 Å². The van der Waals surface area contributed by atoms with Crippen molar-refractivity contribution in [2.45, 2.75) is 0 Å². The molecule has 0 heterocycles. The summed E-state index contributed by atoms with van der Waals surface area (Å²) in [7, 11) is 0. The van der Waals surface area contributed by atoms with Gasteiger partial charge in [0.15, 0.2) is 0 Å². The minimum Gasteiger partial charge on any atom is -2.00 e. The molecule has 0 aliphatic carbocycles. The van der Waals surface area contributed by atoms with Crippen LogP contribution in [0.5, 0.6) is 0 Å². The van der Waals surface area contributed by atoms with E-state index in [-0.39, 0.29) is 67.6 Å². The van der Waals surface area contributed by atoms with Gasteiger partial charge in [0.05, 0.1) is 0 Å². The third kappa shape index (κ3) is 51.8. The maximum absolute atomic E-state index is 0. The molecule has 0 spiro atoms. The van der Waals surface area contributed by atoms with Crippen LogP contribution in [-0.2, 0) is 67.6 Å². The van der Waals surface area contributed by atoms with Crippen molar-refractivity contribution in [2.24, 2.45) is 0 Å². The van der Waals surface area contributed by atoms with E-state index in [0.717, 1.165) is 0 Å². The van der Waals surface area contributed by atoms with Crippen LogP contribution in [0.15, 0.2) is 0 Å². The Morgan fingerprint density at radius 2 is 0.333 bits per heavy atom. The van der Waals surface area contributed by atoms with Gasteiger partial charge in [-0.1, -0.05) is 0 Å². The average molecular weight is 239 g/mol. The summed E-state index contributed by atoms with van der Waals surface area (Å²) in [6, 6.07) is 0. The van der Waals surface area contributed by atoms with Crippen LogP contribution >= 0.6 is 0 Å². The fourth-order valence-electron chi connectivity index (χ4n) is 0. The van der Waals surface area contributed by atoms with Gasteiger partial charge in [-0.05, 0) is 0 Å². The van der Waals surface area contributed by atoms with Crippen LogP contribution in [0, 0.1) is 0 Å². The molecule has 0 bridgehead atoms. The SMILES string of the molecule is [Cu+2].[Cu+2].[Cu+2].[O-2].[O-2].[O-2]. The molecular formula is Cu3O3. The van der Waals surface area contributed by atoms with Crippen LogP contribution in [0.2, 0.25) is 0 Å². The van der Waals surface area contributed by atoms with Gasteiger partial charge in [-0.2, -0.15) is 0 Å². The fourth-order valence-corrected chi connectivity index (χ4v) is 0. The molecule has 0 fully saturated rings. The largest absolute Gasteiger partial charge is 2.00 e. The summed E-state index contributed by atoms with van der Waals surface area (Å²) < 4.78 is 0. The van der Waals surface area contributed by atoms with Gasteiger partial charge < -0.3 is 16.4 Å². The minimum atomic E-state index is 0. The molecule has 6 heavy (non-hydrogen) atoms. The Morgan fingerprint density at radius 1 is 0.333 bits per heavy atom. The average Bonchev–Trinajstić information content (AvgIpc) is 0. The number of hydrogen-bond acceptors (Lipinski definition) is 0. The van der Waals surface area contributed by atoms with Crippen LogP contribution in [0.25, 0.3) is 0 Å². The van der Waals surface area contributed by atoms with Crippen molar-refractivity contribution in [3.05, 3.63) is 0 Å². The standard InChI is InChI=1S/3Cu.3O/q3*+2;3*-2. The first-order valence-corrected chi connectivity index (χ1v) is 0. The zero-order chi connectivity index (χ0) is 0.